The van der Waals surface area contributed by atoms with Gasteiger partial charge in [-0.25, -0.2) is 0 Å². The quantitative estimate of drug-likeness (QED) is 0.508. The maximum atomic E-state index is 12.2. The zero-order valence-corrected chi connectivity index (χ0v) is 13.7. The molecule has 1 aromatic carbocycles. The van der Waals surface area contributed by atoms with Crippen LogP contribution in [0, 0.1) is 5.92 Å². The lowest BCUT2D eigenvalue weighted by Gasteiger charge is -2.19. The summed E-state index contributed by atoms with van der Waals surface area (Å²) in [5.41, 5.74) is 1.04. The van der Waals surface area contributed by atoms with Crippen molar-refractivity contribution in [2.75, 3.05) is 6.61 Å². The van der Waals surface area contributed by atoms with Crippen LogP contribution in [0.5, 0.6) is 0 Å². The molecule has 0 heterocycles. The third kappa shape index (κ3) is 5.32. The minimum absolute atomic E-state index is 0.115. The van der Waals surface area contributed by atoms with Crippen molar-refractivity contribution < 1.29 is 9.53 Å². The summed E-state index contributed by atoms with van der Waals surface area (Å²) in [4.78, 5) is 12.2. The second kappa shape index (κ2) is 9.45. The van der Waals surface area contributed by atoms with E-state index in [9.17, 15) is 4.79 Å². The second-order valence-electron chi connectivity index (χ2n) is 6.16. The Labute approximate surface area is 134 Å². The highest BCUT2D eigenvalue weighted by Gasteiger charge is 2.20. The van der Waals surface area contributed by atoms with Gasteiger partial charge in [0.25, 0.3) is 0 Å². The van der Waals surface area contributed by atoms with Crippen molar-refractivity contribution >= 4 is 5.97 Å². The highest BCUT2D eigenvalue weighted by molar-refractivity contribution is 5.78. The fraction of sp³-hybridized carbons (Fsp3) is 0.550. The van der Waals surface area contributed by atoms with Crippen molar-refractivity contribution in [3.05, 3.63) is 48.0 Å². The highest BCUT2D eigenvalue weighted by atomic mass is 16.5. The Bertz CT molecular complexity index is 458. The van der Waals surface area contributed by atoms with Gasteiger partial charge in [0, 0.05) is 0 Å². The van der Waals surface area contributed by atoms with Gasteiger partial charge in [-0.2, -0.15) is 0 Å². The number of rotatable bonds is 7. The average Bonchev–Trinajstić information content (AvgIpc) is 2.57. The molecule has 22 heavy (non-hydrogen) atoms. The molecule has 0 N–H and O–H groups in total. The van der Waals surface area contributed by atoms with Crippen molar-refractivity contribution in [1.29, 1.82) is 0 Å². The van der Waals surface area contributed by atoms with E-state index in [1.807, 2.05) is 37.3 Å². The van der Waals surface area contributed by atoms with Gasteiger partial charge in [-0.15, -0.1) is 0 Å². The van der Waals surface area contributed by atoms with Crippen molar-refractivity contribution in [3.63, 3.8) is 0 Å². The summed E-state index contributed by atoms with van der Waals surface area (Å²) in [5.74, 6) is 0.558. The third-order valence-corrected chi connectivity index (χ3v) is 4.51. The van der Waals surface area contributed by atoms with Crippen LogP contribution in [0.15, 0.2) is 42.5 Å². The summed E-state index contributed by atoms with van der Waals surface area (Å²) in [6.07, 6.45) is 13.2. The molecule has 1 unspecified atom stereocenters. The van der Waals surface area contributed by atoms with Gasteiger partial charge < -0.3 is 4.74 Å². The Morgan fingerprint density at radius 1 is 1.18 bits per heavy atom. The molecule has 0 bridgehead atoms. The molecular weight excluding hydrogens is 272 g/mol. The normalized spacial score (nSPS) is 17.5. The van der Waals surface area contributed by atoms with E-state index in [2.05, 4.69) is 12.2 Å². The monoisotopic (exact) mass is 300 g/mol. The molecule has 0 radical (unpaired) electrons. The van der Waals surface area contributed by atoms with E-state index < -0.39 is 0 Å². The maximum absolute atomic E-state index is 12.2. The summed E-state index contributed by atoms with van der Waals surface area (Å²) in [6.45, 7) is 2.30. The van der Waals surface area contributed by atoms with Gasteiger partial charge >= 0.3 is 5.97 Å². The summed E-state index contributed by atoms with van der Waals surface area (Å²) in [7, 11) is 0. The second-order valence-corrected chi connectivity index (χ2v) is 6.16. The summed E-state index contributed by atoms with van der Waals surface area (Å²) >= 11 is 0. The van der Waals surface area contributed by atoms with E-state index in [1.165, 1.54) is 32.1 Å². The molecule has 1 atom stereocenters. The third-order valence-electron chi connectivity index (χ3n) is 4.51. The molecule has 1 saturated carbocycles. The van der Waals surface area contributed by atoms with E-state index in [0.717, 1.165) is 24.3 Å². The Morgan fingerprint density at radius 2 is 1.91 bits per heavy atom. The number of benzene rings is 1. The standard InChI is InChI=1S/C20H28O2/c1-2-22-20(21)19(18-14-7-4-8-15-18)16-10-9-13-17-11-5-3-6-12-17/h4,7-10,14-15,17,19H,2-3,5-6,11-13,16H2,1H3. The Balaban J connectivity index is 1.90. The first kappa shape index (κ1) is 16.8. The molecule has 0 spiro atoms. The lowest BCUT2D eigenvalue weighted by atomic mass is 9.86. The number of esters is 1. The molecule has 0 aliphatic heterocycles. The lowest BCUT2D eigenvalue weighted by Crippen LogP contribution is -2.15. The van der Waals surface area contributed by atoms with Gasteiger partial charge in [0.05, 0.1) is 12.5 Å². The summed E-state index contributed by atoms with van der Waals surface area (Å²) < 4.78 is 5.23. The molecule has 0 saturated heterocycles. The molecule has 1 aliphatic rings. The van der Waals surface area contributed by atoms with Crippen molar-refractivity contribution in [3.8, 4) is 0 Å². The fourth-order valence-corrected chi connectivity index (χ4v) is 3.24. The van der Waals surface area contributed by atoms with Gasteiger partial charge in [0.1, 0.15) is 0 Å². The van der Waals surface area contributed by atoms with Gasteiger partial charge in [0.2, 0.25) is 0 Å². The van der Waals surface area contributed by atoms with Crippen LogP contribution >= 0.6 is 0 Å². The van der Waals surface area contributed by atoms with Gasteiger partial charge in [0.15, 0.2) is 0 Å². The number of allylic oxidation sites excluding steroid dienone is 2. The van der Waals surface area contributed by atoms with Gasteiger partial charge in [-0.05, 0) is 31.2 Å². The molecule has 120 valence electrons. The van der Waals surface area contributed by atoms with Gasteiger partial charge in [-0.1, -0.05) is 74.6 Å². The Hall–Kier alpha value is -1.57. The molecule has 1 aliphatic carbocycles. The Morgan fingerprint density at radius 3 is 2.59 bits per heavy atom. The largest absolute Gasteiger partial charge is 0.466 e. The zero-order chi connectivity index (χ0) is 15.6. The highest BCUT2D eigenvalue weighted by Crippen LogP contribution is 2.27. The SMILES string of the molecule is CCOC(=O)C(CC=CCC1CCCCC1)c1ccccc1. The van der Waals surface area contributed by atoms with Crippen LogP contribution < -0.4 is 0 Å². The number of carbonyl (C=O) groups excluding carboxylic acids is 1. The number of carbonyl (C=O) groups is 1. The van der Waals surface area contributed by atoms with Crippen LogP contribution in [0.4, 0.5) is 0 Å². The number of hydrogen-bond acceptors (Lipinski definition) is 2. The maximum Gasteiger partial charge on any atom is 0.313 e. The van der Waals surface area contributed by atoms with E-state index >= 15 is 0 Å². The zero-order valence-electron chi connectivity index (χ0n) is 13.7. The molecule has 0 aromatic heterocycles. The lowest BCUT2D eigenvalue weighted by molar-refractivity contribution is -0.144. The summed E-state index contributed by atoms with van der Waals surface area (Å²) in [5, 5.41) is 0. The molecule has 2 heteroatoms. The van der Waals surface area contributed by atoms with Crippen LogP contribution in [-0.2, 0) is 9.53 Å². The smallest absolute Gasteiger partial charge is 0.313 e. The van der Waals surface area contributed by atoms with Crippen molar-refractivity contribution in [2.45, 2.75) is 57.8 Å². The van der Waals surface area contributed by atoms with E-state index in [-0.39, 0.29) is 11.9 Å². The molecular formula is C20H28O2. The van der Waals surface area contributed by atoms with Crippen LogP contribution in [-0.4, -0.2) is 12.6 Å². The van der Waals surface area contributed by atoms with E-state index in [4.69, 9.17) is 4.74 Å². The number of hydrogen-bond donors (Lipinski definition) is 0. The predicted octanol–water partition coefficient (Wildman–Crippen LogP) is 5.25. The number of ether oxygens (including phenoxy) is 1. The van der Waals surface area contributed by atoms with Crippen LogP contribution in [0.1, 0.15) is 63.4 Å². The average molecular weight is 300 g/mol. The molecule has 1 fully saturated rings. The van der Waals surface area contributed by atoms with Crippen LogP contribution in [0.3, 0.4) is 0 Å². The van der Waals surface area contributed by atoms with Crippen LogP contribution in [0.2, 0.25) is 0 Å². The molecule has 0 amide bonds. The summed E-state index contributed by atoms with van der Waals surface area (Å²) in [6, 6.07) is 9.96. The predicted molar refractivity (Wildman–Crippen MR) is 90.8 cm³/mol. The fourth-order valence-electron chi connectivity index (χ4n) is 3.24. The Kier molecular flexibility index (Phi) is 7.21. The van der Waals surface area contributed by atoms with Crippen molar-refractivity contribution in [2.24, 2.45) is 5.92 Å². The van der Waals surface area contributed by atoms with E-state index in [1.54, 1.807) is 0 Å². The minimum atomic E-state index is -0.177. The molecule has 2 nitrogen and oxygen atoms in total. The first-order valence-corrected chi connectivity index (χ1v) is 8.67. The van der Waals surface area contributed by atoms with Crippen LogP contribution in [0.25, 0.3) is 0 Å². The van der Waals surface area contributed by atoms with E-state index in [0.29, 0.717) is 6.61 Å². The first-order chi connectivity index (χ1) is 10.8. The molecule has 2 rings (SSSR count). The molecule has 1 aromatic rings. The van der Waals surface area contributed by atoms with Gasteiger partial charge in [-0.3, -0.25) is 4.79 Å². The minimum Gasteiger partial charge on any atom is -0.466 e. The van der Waals surface area contributed by atoms with Crippen molar-refractivity contribution in [1.82, 2.24) is 0 Å². The first-order valence-electron chi connectivity index (χ1n) is 8.67. The topological polar surface area (TPSA) is 26.3 Å².